The molecule has 1 rings (SSSR count). The summed E-state index contributed by atoms with van der Waals surface area (Å²) < 4.78 is 5.52. The van der Waals surface area contributed by atoms with E-state index < -0.39 is 0 Å². The first-order chi connectivity index (χ1) is 8.72. The Balaban J connectivity index is 2.47. The van der Waals surface area contributed by atoms with Crippen LogP contribution in [0.5, 0.6) is 0 Å². The molecule has 3 unspecified atom stereocenters. The molecule has 0 aromatic rings. The minimum Gasteiger partial charge on any atom is -0.380 e. The Hall–Kier alpha value is -0.120. The van der Waals surface area contributed by atoms with Crippen LogP contribution in [0.2, 0.25) is 0 Å². The number of rotatable bonds is 8. The van der Waals surface area contributed by atoms with Crippen LogP contribution in [-0.2, 0) is 4.74 Å². The summed E-state index contributed by atoms with van der Waals surface area (Å²) in [5.74, 6) is 0.766. The maximum atomic E-state index is 5.52. The lowest BCUT2D eigenvalue weighted by Crippen LogP contribution is -2.58. The van der Waals surface area contributed by atoms with Crippen molar-refractivity contribution in [2.24, 2.45) is 5.92 Å². The SMILES string of the molecule is CCCC1CNC(C(C)CC)CN1CCOCC. The molecule has 0 amide bonds. The standard InChI is InChI=1S/C15H32N2O/c1-5-8-14-11-16-15(13(4)6-2)12-17(14)9-10-18-7-3/h13-16H,5-12H2,1-4H3. The summed E-state index contributed by atoms with van der Waals surface area (Å²) in [6, 6.07) is 1.36. The monoisotopic (exact) mass is 256 g/mol. The van der Waals surface area contributed by atoms with E-state index in [2.05, 4.69) is 37.9 Å². The van der Waals surface area contributed by atoms with Crippen LogP contribution in [0, 0.1) is 5.92 Å². The van der Waals surface area contributed by atoms with E-state index in [4.69, 9.17) is 4.74 Å². The lowest BCUT2D eigenvalue weighted by molar-refractivity contribution is 0.0581. The third kappa shape index (κ3) is 4.87. The minimum atomic E-state index is 0.657. The number of nitrogens with zero attached hydrogens (tertiary/aromatic N) is 1. The Kier molecular flexibility index (Phi) is 7.87. The Morgan fingerprint density at radius 1 is 1.33 bits per heavy atom. The molecule has 3 atom stereocenters. The molecule has 1 saturated heterocycles. The fourth-order valence-electron chi connectivity index (χ4n) is 2.77. The van der Waals surface area contributed by atoms with Gasteiger partial charge in [0, 0.05) is 38.3 Å². The quantitative estimate of drug-likeness (QED) is 0.675. The molecule has 0 spiro atoms. The van der Waals surface area contributed by atoms with E-state index in [1.54, 1.807) is 0 Å². The van der Waals surface area contributed by atoms with Gasteiger partial charge in [-0.1, -0.05) is 33.6 Å². The Labute approximate surface area is 113 Å². The van der Waals surface area contributed by atoms with Crippen molar-refractivity contribution in [1.29, 1.82) is 0 Å². The molecule has 1 fully saturated rings. The number of nitrogens with one attached hydrogen (secondary N) is 1. The van der Waals surface area contributed by atoms with Gasteiger partial charge in [-0.05, 0) is 19.3 Å². The van der Waals surface area contributed by atoms with Crippen LogP contribution in [0.4, 0.5) is 0 Å². The summed E-state index contributed by atoms with van der Waals surface area (Å²) in [5, 5.41) is 3.74. The van der Waals surface area contributed by atoms with Crippen LogP contribution in [0.3, 0.4) is 0 Å². The molecule has 1 N–H and O–H groups in total. The first-order valence-corrected chi connectivity index (χ1v) is 7.78. The molecule has 0 aromatic heterocycles. The molecule has 0 aromatic carbocycles. The summed E-state index contributed by atoms with van der Waals surface area (Å²) in [7, 11) is 0. The predicted molar refractivity (Wildman–Crippen MR) is 78.0 cm³/mol. The highest BCUT2D eigenvalue weighted by atomic mass is 16.5. The van der Waals surface area contributed by atoms with E-state index >= 15 is 0 Å². The summed E-state index contributed by atoms with van der Waals surface area (Å²) >= 11 is 0. The zero-order valence-electron chi connectivity index (χ0n) is 12.7. The summed E-state index contributed by atoms with van der Waals surface area (Å²) in [6.07, 6.45) is 3.83. The highest BCUT2D eigenvalue weighted by Crippen LogP contribution is 2.17. The van der Waals surface area contributed by atoms with Crippen LogP contribution in [0.25, 0.3) is 0 Å². The molecule has 0 saturated carbocycles. The number of ether oxygens (including phenoxy) is 1. The molecular formula is C15H32N2O. The van der Waals surface area contributed by atoms with Gasteiger partial charge in [-0.3, -0.25) is 4.90 Å². The first-order valence-electron chi connectivity index (χ1n) is 7.78. The van der Waals surface area contributed by atoms with E-state index in [0.29, 0.717) is 12.1 Å². The van der Waals surface area contributed by atoms with E-state index in [-0.39, 0.29) is 0 Å². The lowest BCUT2D eigenvalue weighted by atomic mass is 9.94. The fourth-order valence-corrected chi connectivity index (χ4v) is 2.77. The predicted octanol–water partition coefficient (Wildman–Crippen LogP) is 2.51. The first kappa shape index (κ1) is 15.9. The van der Waals surface area contributed by atoms with Gasteiger partial charge in [0.25, 0.3) is 0 Å². The largest absolute Gasteiger partial charge is 0.380 e. The second-order valence-corrected chi connectivity index (χ2v) is 5.53. The zero-order valence-corrected chi connectivity index (χ0v) is 12.7. The van der Waals surface area contributed by atoms with E-state index in [1.807, 2.05) is 0 Å². The van der Waals surface area contributed by atoms with Crippen molar-refractivity contribution in [3.63, 3.8) is 0 Å². The van der Waals surface area contributed by atoms with Gasteiger partial charge in [-0.15, -0.1) is 0 Å². The van der Waals surface area contributed by atoms with Gasteiger partial charge < -0.3 is 10.1 Å². The maximum Gasteiger partial charge on any atom is 0.0593 e. The van der Waals surface area contributed by atoms with Crippen LogP contribution < -0.4 is 5.32 Å². The molecule has 1 aliphatic heterocycles. The van der Waals surface area contributed by atoms with E-state index in [0.717, 1.165) is 32.2 Å². The summed E-state index contributed by atoms with van der Waals surface area (Å²) in [4.78, 5) is 2.65. The summed E-state index contributed by atoms with van der Waals surface area (Å²) in [6.45, 7) is 14.1. The van der Waals surface area contributed by atoms with Gasteiger partial charge in [-0.25, -0.2) is 0 Å². The molecule has 108 valence electrons. The molecule has 0 radical (unpaired) electrons. The van der Waals surface area contributed by atoms with Crippen LogP contribution in [-0.4, -0.2) is 49.8 Å². The van der Waals surface area contributed by atoms with Gasteiger partial charge in [0.1, 0.15) is 0 Å². The lowest BCUT2D eigenvalue weighted by Gasteiger charge is -2.42. The number of hydrogen-bond acceptors (Lipinski definition) is 3. The fraction of sp³-hybridized carbons (Fsp3) is 1.00. The van der Waals surface area contributed by atoms with Crippen LogP contribution >= 0.6 is 0 Å². The molecule has 18 heavy (non-hydrogen) atoms. The van der Waals surface area contributed by atoms with Gasteiger partial charge in [0.2, 0.25) is 0 Å². The third-order valence-corrected chi connectivity index (χ3v) is 4.24. The van der Waals surface area contributed by atoms with Crippen molar-refractivity contribution in [3.05, 3.63) is 0 Å². The molecule has 3 nitrogen and oxygen atoms in total. The second-order valence-electron chi connectivity index (χ2n) is 5.53. The Morgan fingerprint density at radius 2 is 2.11 bits per heavy atom. The van der Waals surface area contributed by atoms with Crippen molar-refractivity contribution in [2.75, 3.05) is 32.8 Å². The average Bonchev–Trinajstić information content (AvgIpc) is 2.40. The molecular weight excluding hydrogens is 224 g/mol. The zero-order chi connectivity index (χ0) is 13.4. The number of hydrogen-bond donors (Lipinski definition) is 1. The van der Waals surface area contributed by atoms with E-state index in [1.165, 1.54) is 25.8 Å². The van der Waals surface area contributed by atoms with Crippen LogP contribution in [0.15, 0.2) is 0 Å². The molecule has 0 aliphatic carbocycles. The van der Waals surface area contributed by atoms with Gasteiger partial charge in [0.15, 0.2) is 0 Å². The van der Waals surface area contributed by atoms with Crippen LogP contribution in [0.1, 0.15) is 47.0 Å². The number of piperazine rings is 1. The van der Waals surface area contributed by atoms with Crippen molar-refractivity contribution < 1.29 is 4.74 Å². The smallest absolute Gasteiger partial charge is 0.0593 e. The third-order valence-electron chi connectivity index (χ3n) is 4.24. The minimum absolute atomic E-state index is 0.657. The van der Waals surface area contributed by atoms with Gasteiger partial charge in [0.05, 0.1) is 6.61 Å². The van der Waals surface area contributed by atoms with Crippen molar-refractivity contribution in [2.45, 2.75) is 59.0 Å². The van der Waals surface area contributed by atoms with E-state index in [9.17, 15) is 0 Å². The van der Waals surface area contributed by atoms with Gasteiger partial charge >= 0.3 is 0 Å². The Morgan fingerprint density at radius 3 is 2.72 bits per heavy atom. The highest BCUT2D eigenvalue weighted by Gasteiger charge is 2.29. The molecule has 1 heterocycles. The normalized spacial score (nSPS) is 27.3. The topological polar surface area (TPSA) is 24.5 Å². The second kappa shape index (κ2) is 8.89. The Bertz CT molecular complexity index is 211. The van der Waals surface area contributed by atoms with Crippen molar-refractivity contribution in [1.82, 2.24) is 10.2 Å². The van der Waals surface area contributed by atoms with Gasteiger partial charge in [-0.2, -0.15) is 0 Å². The van der Waals surface area contributed by atoms with Crippen molar-refractivity contribution in [3.8, 4) is 0 Å². The highest BCUT2D eigenvalue weighted by molar-refractivity contribution is 4.88. The van der Waals surface area contributed by atoms with Crippen molar-refractivity contribution >= 4 is 0 Å². The molecule has 3 heteroatoms. The average molecular weight is 256 g/mol. The summed E-state index contributed by atoms with van der Waals surface area (Å²) in [5.41, 5.74) is 0. The maximum absolute atomic E-state index is 5.52. The molecule has 1 aliphatic rings. The molecule has 0 bridgehead atoms.